The van der Waals surface area contributed by atoms with Crippen LogP contribution in [-0.2, 0) is 0 Å². The van der Waals surface area contributed by atoms with Crippen LogP contribution >= 0.6 is 15.9 Å². The van der Waals surface area contributed by atoms with Crippen LogP contribution in [0.25, 0.3) is 0 Å². The van der Waals surface area contributed by atoms with Crippen LogP contribution in [-0.4, -0.2) is 16.5 Å². The first kappa shape index (κ1) is 14.5. The van der Waals surface area contributed by atoms with Gasteiger partial charge < -0.3 is 5.32 Å². The van der Waals surface area contributed by atoms with Crippen molar-refractivity contribution in [3.63, 3.8) is 0 Å². The Morgan fingerprint density at radius 1 is 1.61 bits per heavy atom. The van der Waals surface area contributed by atoms with Crippen molar-refractivity contribution < 1.29 is 4.92 Å². The highest BCUT2D eigenvalue weighted by molar-refractivity contribution is 9.10. The van der Waals surface area contributed by atoms with Gasteiger partial charge in [0.25, 0.3) is 5.69 Å². The summed E-state index contributed by atoms with van der Waals surface area (Å²) in [5.74, 6) is 3.20. The lowest BCUT2D eigenvalue weighted by atomic mass is 10.2. The number of unbranched alkanes of at least 4 members (excludes halogenated alkanes) is 2. The van der Waals surface area contributed by atoms with Crippen LogP contribution in [0.5, 0.6) is 0 Å². The number of pyridine rings is 1. The Hall–Kier alpha value is -1.61. The summed E-state index contributed by atoms with van der Waals surface area (Å²) in [5, 5.41) is 13.9. The summed E-state index contributed by atoms with van der Waals surface area (Å²) >= 11 is 3.32. The highest BCUT2D eigenvalue weighted by atomic mass is 79.9. The van der Waals surface area contributed by atoms with E-state index in [9.17, 15) is 10.1 Å². The van der Waals surface area contributed by atoms with Gasteiger partial charge in [-0.3, -0.25) is 10.1 Å². The molecule has 0 aliphatic heterocycles. The number of halogens is 1. The Morgan fingerprint density at radius 3 is 2.94 bits per heavy atom. The van der Waals surface area contributed by atoms with E-state index in [2.05, 4.69) is 32.2 Å². The van der Waals surface area contributed by atoms with Crippen LogP contribution in [0.4, 0.5) is 11.5 Å². The van der Waals surface area contributed by atoms with E-state index < -0.39 is 4.92 Å². The summed E-state index contributed by atoms with van der Waals surface area (Å²) < 4.78 is 0.633. The number of rotatable bonds is 6. The summed E-state index contributed by atoms with van der Waals surface area (Å²) in [7, 11) is 0. The first-order valence-electron chi connectivity index (χ1n) is 5.54. The first-order valence-corrected chi connectivity index (χ1v) is 6.34. The Bertz CT molecular complexity index is 483. The van der Waals surface area contributed by atoms with Crippen molar-refractivity contribution in [1.29, 1.82) is 0 Å². The van der Waals surface area contributed by atoms with Crippen molar-refractivity contribution in [2.24, 2.45) is 0 Å². The van der Waals surface area contributed by atoms with E-state index in [-0.39, 0.29) is 5.69 Å². The average Bonchev–Trinajstić information content (AvgIpc) is 2.33. The fourth-order valence-corrected chi connectivity index (χ4v) is 1.88. The van der Waals surface area contributed by atoms with Gasteiger partial charge in [0.15, 0.2) is 0 Å². The van der Waals surface area contributed by atoms with E-state index in [1.54, 1.807) is 6.92 Å². The molecule has 0 atom stereocenters. The molecule has 0 saturated carbocycles. The highest BCUT2D eigenvalue weighted by Gasteiger charge is 2.16. The van der Waals surface area contributed by atoms with Gasteiger partial charge in [-0.05, 0) is 35.7 Å². The molecule has 0 bridgehead atoms. The summed E-state index contributed by atoms with van der Waals surface area (Å²) in [6.45, 7) is 2.43. The third-order valence-corrected chi connectivity index (χ3v) is 3.44. The third-order valence-electron chi connectivity index (χ3n) is 2.47. The number of nitrogens with zero attached hydrogens (tertiary/aromatic N) is 2. The molecular weight excluding hydrogens is 298 g/mol. The molecule has 5 nitrogen and oxygen atoms in total. The molecule has 1 heterocycles. The quantitative estimate of drug-likeness (QED) is 0.379. The lowest BCUT2D eigenvalue weighted by Crippen LogP contribution is -2.05. The maximum absolute atomic E-state index is 10.7. The molecule has 0 unspecified atom stereocenters. The van der Waals surface area contributed by atoms with E-state index in [1.807, 2.05) is 0 Å². The van der Waals surface area contributed by atoms with Crippen LogP contribution in [0.2, 0.25) is 0 Å². The molecule has 0 saturated heterocycles. The lowest BCUT2D eigenvalue weighted by Gasteiger charge is -2.08. The monoisotopic (exact) mass is 311 g/mol. The molecule has 0 amide bonds. The molecule has 0 radical (unpaired) electrons. The molecule has 1 rings (SSSR count). The van der Waals surface area contributed by atoms with Gasteiger partial charge in [0, 0.05) is 18.5 Å². The third kappa shape index (κ3) is 3.70. The molecule has 0 aliphatic rings. The summed E-state index contributed by atoms with van der Waals surface area (Å²) in [6, 6.07) is 0. The molecule has 1 aromatic heterocycles. The van der Waals surface area contributed by atoms with Crippen molar-refractivity contribution in [1.82, 2.24) is 4.98 Å². The molecule has 0 fully saturated rings. The van der Waals surface area contributed by atoms with Crippen LogP contribution in [0, 0.1) is 29.4 Å². The molecule has 6 heteroatoms. The smallest absolute Gasteiger partial charge is 0.291 e. The predicted octanol–water partition coefficient (Wildman–Crippen LogP) is 3.28. The number of hydrogen-bond donors (Lipinski definition) is 1. The molecule has 1 aromatic rings. The van der Waals surface area contributed by atoms with E-state index >= 15 is 0 Å². The van der Waals surface area contributed by atoms with Gasteiger partial charge in [0.1, 0.15) is 12.0 Å². The van der Waals surface area contributed by atoms with E-state index in [4.69, 9.17) is 6.42 Å². The maximum atomic E-state index is 10.7. The van der Waals surface area contributed by atoms with Gasteiger partial charge in [-0.25, -0.2) is 4.98 Å². The Morgan fingerprint density at radius 2 is 2.33 bits per heavy atom. The molecule has 0 aliphatic carbocycles. The fourth-order valence-electron chi connectivity index (χ4n) is 1.44. The molecule has 0 spiro atoms. The first-order chi connectivity index (χ1) is 8.57. The largest absolute Gasteiger partial charge is 0.369 e. The second kappa shape index (κ2) is 6.97. The molecule has 0 aromatic carbocycles. The fraction of sp³-hybridized carbons (Fsp3) is 0.417. The van der Waals surface area contributed by atoms with Crippen molar-refractivity contribution in [3.8, 4) is 12.3 Å². The number of hydrogen-bond acceptors (Lipinski definition) is 4. The van der Waals surface area contributed by atoms with Crippen molar-refractivity contribution >= 4 is 27.4 Å². The van der Waals surface area contributed by atoms with Gasteiger partial charge in [-0.15, -0.1) is 12.3 Å². The van der Waals surface area contributed by atoms with Crippen LogP contribution in [0.1, 0.15) is 24.8 Å². The number of aromatic nitrogens is 1. The standard InChI is InChI=1S/C12H14BrN3O2/c1-3-4-5-6-7-14-12-11(13)9(2)10(8-15-12)16(17)18/h1,8H,4-7H2,2H3,(H,14,15). The lowest BCUT2D eigenvalue weighted by molar-refractivity contribution is -0.385. The highest BCUT2D eigenvalue weighted by Crippen LogP contribution is 2.30. The van der Waals surface area contributed by atoms with Crippen molar-refractivity contribution in [2.75, 3.05) is 11.9 Å². The zero-order valence-corrected chi connectivity index (χ0v) is 11.7. The van der Waals surface area contributed by atoms with Crippen LogP contribution < -0.4 is 5.32 Å². The van der Waals surface area contributed by atoms with Gasteiger partial charge in [-0.2, -0.15) is 0 Å². The summed E-state index contributed by atoms with van der Waals surface area (Å²) in [5.41, 5.74) is 0.584. The van der Waals surface area contributed by atoms with Crippen LogP contribution in [0.3, 0.4) is 0 Å². The minimum absolute atomic E-state index is 0.0137. The Kier molecular flexibility index (Phi) is 5.59. The van der Waals surface area contributed by atoms with E-state index in [0.717, 1.165) is 25.8 Å². The van der Waals surface area contributed by atoms with E-state index in [0.29, 0.717) is 15.9 Å². The minimum atomic E-state index is -0.441. The number of nitrogens with one attached hydrogen (secondary N) is 1. The summed E-state index contributed by atoms with van der Waals surface area (Å²) in [6.07, 6.45) is 9.07. The Balaban J connectivity index is 2.66. The van der Waals surface area contributed by atoms with E-state index in [1.165, 1.54) is 6.20 Å². The molecular formula is C12H14BrN3O2. The second-order valence-electron chi connectivity index (χ2n) is 3.78. The minimum Gasteiger partial charge on any atom is -0.369 e. The van der Waals surface area contributed by atoms with Gasteiger partial charge in [0.2, 0.25) is 0 Å². The normalized spacial score (nSPS) is 9.83. The zero-order chi connectivity index (χ0) is 13.5. The SMILES string of the molecule is C#CCCCCNc1ncc([N+](=O)[O-])c(C)c1Br. The Labute approximate surface area is 114 Å². The van der Waals surface area contributed by atoms with Gasteiger partial charge in [-0.1, -0.05) is 0 Å². The topological polar surface area (TPSA) is 68.1 Å². The summed E-state index contributed by atoms with van der Waals surface area (Å²) in [4.78, 5) is 14.3. The average molecular weight is 312 g/mol. The number of nitro groups is 1. The van der Waals surface area contributed by atoms with Crippen molar-refractivity contribution in [3.05, 3.63) is 26.3 Å². The number of terminal acetylenes is 1. The number of anilines is 1. The van der Waals surface area contributed by atoms with Gasteiger partial charge >= 0.3 is 0 Å². The second-order valence-corrected chi connectivity index (χ2v) is 4.57. The molecule has 18 heavy (non-hydrogen) atoms. The van der Waals surface area contributed by atoms with Gasteiger partial charge in [0.05, 0.1) is 9.40 Å². The predicted molar refractivity (Wildman–Crippen MR) is 74.5 cm³/mol. The van der Waals surface area contributed by atoms with Crippen molar-refractivity contribution in [2.45, 2.75) is 26.2 Å². The molecule has 1 N–H and O–H groups in total. The molecule has 96 valence electrons. The maximum Gasteiger partial charge on any atom is 0.291 e. The van der Waals surface area contributed by atoms with Crippen LogP contribution in [0.15, 0.2) is 10.7 Å². The zero-order valence-electron chi connectivity index (χ0n) is 10.1.